The second-order valence-electron chi connectivity index (χ2n) is 3.13. The van der Waals surface area contributed by atoms with Crippen molar-refractivity contribution in [3.8, 4) is 0 Å². The predicted octanol–water partition coefficient (Wildman–Crippen LogP) is 2.29. The quantitative estimate of drug-likeness (QED) is 0.853. The largest absolute Gasteiger partial charge is 0.476 e. The summed E-state index contributed by atoms with van der Waals surface area (Å²) in [4.78, 5) is 18.8. The lowest BCUT2D eigenvalue weighted by Gasteiger charge is -2.01. The van der Waals surface area contributed by atoms with Gasteiger partial charge in [0, 0.05) is 11.1 Å². The lowest BCUT2D eigenvalue weighted by atomic mass is 10.4. The van der Waals surface area contributed by atoms with Crippen LogP contribution in [0.25, 0.3) is 0 Å². The molecular formula is C10H9N3O2S. The molecule has 0 amide bonds. The monoisotopic (exact) mass is 235 g/mol. The molecule has 6 heteroatoms. The Kier molecular flexibility index (Phi) is 2.82. The molecule has 0 bridgehead atoms. The zero-order valence-electron chi connectivity index (χ0n) is 8.47. The number of aryl methyl sites for hydroxylation is 1. The van der Waals surface area contributed by atoms with Crippen LogP contribution in [-0.2, 0) is 0 Å². The van der Waals surface area contributed by atoms with Gasteiger partial charge in [-0.15, -0.1) is 11.3 Å². The molecule has 0 radical (unpaired) electrons. The van der Waals surface area contributed by atoms with E-state index in [1.54, 1.807) is 6.07 Å². The Morgan fingerprint density at radius 3 is 2.88 bits per heavy atom. The average molecular weight is 235 g/mol. The van der Waals surface area contributed by atoms with Crippen molar-refractivity contribution in [1.82, 2.24) is 9.97 Å². The summed E-state index contributed by atoms with van der Waals surface area (Å²) in [5, 5.41) is 13.7. The molecule has 0 aliphatic rings. The van der Waals surface area contributed by atoms with Crippen LogP contribution in [-0.4, -0.2) is 21.0 Å². The van der Waals surface area contributed by atoms with Gasteiger partial charge in [-0.25, -0.2) is 14.8 Å². The van der Waals surface area contributed by atoms with Gasteiger partial charge in [-0.3, -0.25) is 0 Å². The Morgan fingerprint density at radius 2 is 2.25 bits per heavy atom. The minimum Gasteiger partial charge on any atom is -0.476 e. The van der Waals surface area contributed by atoms with Crippen LogP contribution >= 0.6 is 11.3 Å². The number of aromatic nitrogens is 2. The third kappa shape index (κ3) is 2.34. The van der Waals surface area contributed by atoms with E-state index in [0.717, 1.165) is 5.69 Å². The third-order valence-corrected chi connectivity index (χ3v) is 2.60. The van der Waals surface area contributed by atoms with E-state index in [4.69, 9.17) is 5.11 Å². The van der Waals surface area contributed by atoms with Crippen LogP contribution in [0.1, 0.15) is 16.2 Å². The van der Waals surface area contributed by atoms with E-state index in [-0.39, 0.29) is 5.69 Å². The fourth-order valence-corrected chi connectivity index (χ4v) is 1.84. The van der Waals surface area contributed by atoms with Crippen molar-refractivity contribution in [3.63, 3.8) is 0 Å². The number of anilines is 2. The fourth-order valence-electron chi connectivity index (χ4n) is 1.15. The molecule has 0 fully saturated rings. The number of thiazole rings is 1. The summed E-state index contributed by atoms with van der Waals surface area (Å²) >= 11 is 1.24. The number of nitrogens with zero attached hydrogens (tertiary/aromatic N) is 2. The van der Waals surface area contributed by atoms with Crippen molar-refractivity contribution in [2.45, 2.75) is 6.92 Å². The number of nitrogens with one attached hydrogen (secondary N) is 1. The topological polar surface area (TPSA) is 75.1 Å². The maximum absolute atomic E-state index is 10.6. The van der Waals surface area contributed by atoms with Crippen LogP contribution in [0.3, 0.4) is 0 Å². The van der Waals surface area contributed by atoms with Crippen molar-refractivity contribution in [1.29, 1.82) is 0 Å². The Hall–Kier alpha value is -1.95. The van der Waals surface area contributed by atoms with Crippen LogP contribution in [0.4, 0.5) is 10.9 Å². The first-order chi connectivity index (χ1) is 7.65. The molecule has 0 spiro atoms. The first-order valence-electron chi connectivity index (χ1n) is 4.54. The van der Waals surface area contributed by atoms with E-state index in [9.17, 15) is 4.79 Å². The van der Waals surface area contributed by atoms with E-state index < -0.39 is 5.97 Å². The SMILES string of the molecule is Cc1cccc(Nc2nc(C(=O)O)cs2)n1. The molecule has 2 aromatic rings. The summed E-state index contributed by atoms with van der Waals surface area (Å²) in [6.45, 7) is 1.88. The second kappa shape index (κ2) is 4.28. The van der Waals surface area contributed by atoms with E-state index in [2.05, 4.69) is 15.3 Å². The molecule has 0 saturated heterocycles. The molecule has 0 aliphatic carbocycles. The first-order valence-corrected chi connectivity index (χ1v) is 5.42. The number of carboxylic acid groups (broad SMARTS) is 1. The molecule has 0 aliphatic heterocycles. The molecule has 16 heavy (non-hydrogen) atoms. The minimum atomic E-state index is -1.03. The fraction of sp³-hybridized carbons (Fsp3) is 0.100. The maximum atomic E-state index is 10.6. The first kappa shape index (κ1) is 10.6. The third-order valence-electron chi connectivity index (χ3n) is 1.85. The average Bonchev–Trinajstić information content (AvgIpc) is 2.66. The molecule has 5 nitrogen and oxygen atoms in total. The van der Waals surface area contributed by atoms with E-state index in [1.165, 1.54) is 16.7 Å². The summed E-state index contributed by atoms with van der Waals surface area (Å²) in [6.07, 6.45) is 0. The standard InChI is InChI=1S/C10H9N3O2S/c1-6-3-2-4-8(11-6)13-10-12-7(5-16-10)9(14)15/h2-5H,1H3,(H,14,15)(H,11,12,13). The van der Waals surface area contributed by atoms with Gasteiger partial charge in [-0.1, -0.05) is 6.07 Å². The molecule has 0 unspecified atom stereocenters. The second-order valence-corrected chi connectivity index (χ2v) is 3.99. The summed E-state index contributed by atoms with van der Waals surface area (Å²) in [6, 6.07) is 5.56. The van der Waals surface area contributed by atoms with Gasteiger partial charge < -0.3 is 10.4 Å². The molecule has 0 aromatic carbocycles. The molecule has 2 aromatic heterocycles. The van der Waals surface area contributed by atoms with Crippen molar-refractivity contribution >= 4 is 28.3 Å². The summed E-state index contributed by atoms with van der Waals surface area (Å²) in [7, 11) is 0. The van der Waals surface area contributed by atoms with E-state index in [0.29, 0.717) is 10.9 Å². The smallest absolute Gasteiger partial charge is 0.355 e. The van der Waals surface area contributed by atoms with E-state index >= 15 is 0 Å². The highest BCUT2D eigenvalue weighted by atomic mass is 32.1. The molecule has 2 N–H and O–H groups in total. The number of rotatable bonds is 3. The van der Waals surface area contributed by atoms with Crippen LogP contribution in [0.2, 0.25) is 0 Å². The summed E-state index contributed by atoms with van der Waals surface area (Å²) < 4.78 is 0. The molecular weight excluding hydrogens is 226 g/mol. The van der Waals surface area contributed by atoms with Crippen LogP contribution < -0.4 is 5.32 Å². The highest BCUT2D eigenvalue weighted by Gasteiger charge is 2.08. The molecule has 0 atom stereocenters. The lowest BCUT2D eigenvalue weighted by molar-refractivity contribution is 0.0691. The minimum absolute atomic E-state index is 0.0418. The van der Waals surface area contributed by atoms with Crippen LogP contribution in [0.5, 0.6) is 0 Å². The Labute approximate surface area is 95.8 Å². The zero-order chi connectivity index (χ0) is 11.5. The highest BCUT2D eigenvalue weighted by Crippen LogP contribution is 2.19. The summed E-state index contributed by atoms with van der Waals surface area (Å²) in [5.41, 5.74) is 0.931. The molecule has 2 heterocycles. The Morgan fingerprint density at radius 1 is 1.44 bits per heavy atom. The zero-order valence-corrected chi connectivity index (χ0v) is 9.28. The number of carboxylic acids is 1. The van der Waals surface area contributed by atoms with Gasteiger partial charge in [0.05, 0.1) is 0 Å². The van der Waals surface area contributed by atoms with Crippen molar-refractivity contribution in [3.05, 3.63) is 35.0 Å². The number of hydrogen-bond donors (Lipinski definition) is 2. The normalized spacial score (nSPS) is 10.1. The van der Waals surface area contributed by atoms with Gasteiger partial charge in [-0.05, 0) is 19.1 Å². The number of pyridine rings is 1. The number of carbonyl (C=O) groups is 1. The van der Waals surface area contributed by atoms with Crippen molar-refractivity contribution in [2.24, 2.45) is 0 Å². The molecule has 0 saturated carbocycles. The molecule has 82 valence electrons. The van der Waals surface area contributed by atoms with Gasteiger partial charge in [-0.2, -0.15) is 0 Å². The van der Waals surface area contributed by atoms with Crippen LogP contribution in [0.15, 0.2) is 23.6 Å². The molecule has 2 rings (SSSR count). The number of aromatic carboxylic acids is 1. The predicted molar refractivity (Wildman–Crippen MR) is 61.3 cm³/mol. The van der Waals surface area contributed by atoms with Gasteiger partial charge >= 0.3 is 5.97 Å². The summed E-state index contributed by atoms with van der Waals surface area (Å²) in [5.74, 6) is -0.368. The van der Waals surface area contributed by atoms with Gasteiger partial charge in [0.15, 0.2) is 10.8 Å². The van der Waals surface area contributed by atoms with Crippen LogP contribution in [0, 0.1) is 6.92 Å². The van der Waals surface area contributed by atoms with Gasteiger partial charge in [0.25, 0.3) is 0 Å². The Balaban J connectivity index is 2.17. The highest BCUT2D eigenvalue weighted by molar-refractivity contribution is 7.14. The van der Waals surface area contributed by atoms with Crippen molar-refractivity contribution < 1.29 is 9.90 Å². The van der Waals surface area contributed by atoms with Gasteiger partial charge in [0.2, 0.25) is 0 Å². The Bertz CT molecular complexity index is 524. The number of hydrogen-bond acceptors (Lipinski definition) is 5. The van der Waals surface area contributed by atoms with E-state index in [1.807, 2.05) is 19.1 Å². The van der Waals surface area contributed by atoms with Crippen molar-refractivity contribution in [2.75, 3.05) is 5.32 Å². The van der Waals surface area contributed by atoms with Gasteiger partial charge in [0.1, 0.15) is 5.82 Å². The maximum Gasteiger partial charge on any atom is 0.355 e. The lowest BCUT2D eigenvalue weighted by Crippen LogP contribution is -1.98.